The van der Waals surface area contributed by atoms with Crippen molar-refractivity contribution in [2.24, 2.45) is 5.92 Å². The zero-order chi connectivity index (χ0) is 11.9. The molecule has 0 unspecified atom stereocenters. The lowest BCUT2D eigenvalue weighted by Gasteiger charge is -2.32. The molecule has 0 bridgehead atoms. The largest absolute Gasteiger partial charge is 0.378 e. The number of anilines is 1. The van der Waals surface area contributed by atoms with Crippen LogP contribution in [0, 0.1) is 5.92 Å². The van der Waals surface area contributed by atoms with E-state index in [-0.39, 0.29) is 0 Å². The molecule has 3 fully saturated rings. The fourth-order valence-corrected chi connectivity index (χ4v) is 3.31. The van der Waals surface area contributed by atoms with E-state index in [1.807, 2.05) is 0 Å². The molecule has 2 aliphatic carbocycles. The molecular weight excluding hydrogens is 230 g/mol. The van der Waals surface area contributed by atoms with Crippen LogP contribution >= 0.6 is 0 Å². The maximum atomic E-state index is 5.77. The van der Waals surface area contributed by atoms with E-state index >= 15 is 0 Å². The van der Waals surface area contributed by atoms with Crippen LogP contribution in [0.2, 0.25) is 0 Å². The van der Waals surface area contributed by atoms with Crippen molar-refractivity contribution in [3.8, 4) is 0 Å². The van der Waals surface area contributed by atoms with E-state index in [0.717, 1.165) is 18.9 Å². The van der Waals surface area contributed by atoms with Gasteiger partial charge in [-0.25, -0.2) is 0 Å². The van der Waals surface area contributed by atoms with Crippen molar-refractivity contribution in [2.75, 3.05) is 11.9 Å². The Morgan fingerprint density at radius 2 is 2.06 bits per heavy atom. The van der Waals surface area contributed by atoms with Gasteiger partial charge >= 0.3 is 6.01 Å². The number of aromatic nitrogens is 2. The molecule has 0 spiro atoms. The van der Waals surface area contributed by atoms with Crippen molar-refractivity contribution in [3.63, 3.8) is 0 Å². The van der Waals surface area contributed by atoms with Crippen LogP contribution in [0.15, 0.2) is 4.52 Å². The van der Waals surface area contributed by atoms with Crippen molar-refractivity contribution < 1.29 is 9.26 Å². The smallest absolute Gasteiger partial charge is 0.321 e. The van der Waals surface area contributed by atoms with Crippen molar-refractivity contribution >= 4 is 6.01 Å². The quantitative estimate of drug-likeness (QED) is 0.890. The van der Waals surface area contributed by atoms with E-state index in [0.29, 0.717) is 30.0 Å². The number of fused-ring (bicyclic) bond motifs is 1. The third kappa shape index (κ3) is 1.90. The van der Waals surface area contributed by atoms with Gasteiger partial charge in [-0.15, -0.1) is 0 Å². The van der Waals surface area contributed by atoms with E-state index in [1.165, 1.54) is 32.1 Å². The van der Waals surface area contributed by atoms with Gasteiger partial charge in [-0.05, 0) is 38.5 Å². The molecule has 1 aromatic heterocycles. The Labute approximate surface area is 106 Å². The summed E-state index contributed by atoms with van der Waals surface area (Å²) in [6.07, 6.45) is 7.64. The first-order valence-electron chi connectivity index (χ1n) is 7.12. The standard InChI is InChI=1S/C13H19N3O2/c1-2-10(9-6-7-17-11(9)3-1)14-13-15-12(16-18-13)8-4-5-8/h8-11H,1-7H2,(H,14,15,16)/t9-,10+,11+/m1/s1. The molecule has 3 aliphatic rings. The van der Waals surface area contributed by atoms with Gasteiger partial charge in [0.1, 0.15) is 0 Å². The summed E-state index contributed by atoms with van der Waals surface area (Å²) in [5, 5.41) is 7.48. The van der Waals surface area contributed by atoms with E-state index < -0.39 is 0 Å². The van der Waals surface area contributed by atoms with Crippen LogP contribution in [0.3, 0.4) is 0 Å². The molecule has 18 heavy (non-hydrogen) atoms. The molecule has 0 radical (unpaired) electrons. The summed E-state index contributed by atoms with van der Waals surface area (Å²) in [5.41, 5.74) is 0. The molecule has 1 N–H and O–H groups in total. The summed E-state index contributed by atoms with van der Waals surface area (Å²) in [6.45, 7) is 0.907. The number of nitrogens with one attached hydrogen (secondary N) is 1. The van der Waals surface area contributed by atoms with Gasteiger partial charge in [-0.1, -0.05) is 5.16 Å². The Hall–Kier alpha value is -1.10. The maximum Gasteiger partial charge on any atom is 0.321 e. The van der Waals surface area contributed by atoms with Gasteiger partial charge in [-0.2, -0.15) is 4.98 Å². The number of nitrogens with zero attached hydrogens (tertiary/aromatic N) is 2. The number of hydrogen-bond acceptors (Lipinski definition) is 5. The van der Waals surface area contributed by atoms with Gasteiger partial charge in [0, 0.05) is 24.5 Å². The average Bonchev–Trinajstić information content (AvgIpc) is 2.94. The van der Waals surface area contributed by atoms with Gasteiger partial charge in [0.25, 0.3) is 0 Å². The van der Waals surface area contributed by atoms with E-state index in [1.54, 1.807) is 0 Å². The number of rotatable bonds is 3. The molecule has 4 rings (SSSR count). The molecule has 2 heterocycles. The molecule has 1 aromatic rings. The minimum atomic E-state index is 0.443. The highest BCUT2D eigenvalue weighted by Crippen LogP contribution is 2.39. The lowest BCUT2D eigenvalue weighted by Crippen LogP contribution is -2.38. The summed E-state index contributed by atoms with van der Waals surface area (Å²) in [6, 6.07) is 1.05. The summed E-state index contributed by atoms with van der Waals surface area (Å²) in [4.78, 5) is 4.45. The predicted octanol–water partition coefficient (Wildman–Crippen LogP) is 2.32. The van der Waals surface area contributed by atoms with Crippen LogP contribution in [0.1, 0.15) is 50.3 Å². The number of ether oxygens (including phenoxy) is 1. The zero-order valence-electron chi connectivity index (χ0n) is 10.5. The van der Waals surface area contributed by atoms with Crippen LogP contribution in [0.25, 0.3) is 0 Å². The Bertz CT molecular complexity index is 430. The lowest BCUT2D eigenvalue weighted by atomic mass is 9.82. The highest BCUT2D eigenvalue weighted by molar-refractivity contribution is 5.24. The van der Waals surface area contributed by atoms with Crippen molar-refractivity contribution in [1.29, 1.82) is 0 Å². The molecule has 5 heteroatoms. The second-order valence-electron chi connectivity index (χ2n) is 5.78. The molecule has 1 aliphatic heterocycles. The topological polar surface area (TPSA) is 60.2 Å². The van der Waals surface area contributed by atoms with E-state index in [2.05, 4.69) is 15.5 Å². The maximum absolute atomic E-state index is 5.77. The van der Waals surface area contributed by atoms with Crippen molar-refractivity contribution in [1.82, 2.24) is 10.1 Å². The fourth-order valence-electron chi connectivity index (χ4n) is 3.31. The Morgan fingerprint density at radius 3 is 2.94 bits per heavy atom. The van der Waals surface area contributed by atoms with Gasteiger partial charge < -0.3 is 14.6 Å². The highest BCUT2D eigenvalue weighted by Gasteiger charge is 2.38. The van der Waals surface area contributed by atoms with Crippen molar-refractivity contribution in [3.05, 3.63) is 5.82 Å². The van der Waals surface area contributed by atoms with E-state index in [4.69, 9.17) is 9.26 Å². The molecular formula is C13H19N3O2. The monoisotopic (exact) mass is 249 g/mol. The Morgan fingerprint density at radius 1 is 1.11 bits per heavy atom. The molecule has 1 saturated heterocycles. The van der Waals surface area contributed by atoms with Crippen LogP contribution in [-0.4, -0.2) is 28.9 Å². The fraction of sp³-hybridized carbons (Fsp3) is 0.846. The summed E-state index contributed by atoms with van der Waals surface area (Å²) < 4.78 is 11.1. The van der Waals surface area contributed by atoms with Crippen LogP contribution in [-0.2, 0) is 4.74 Å². The number of hydrogen-bond donors (Lipinski definition) is 1. The molecule has 5 nitrogen and oxygen atoms in total. The normalized spacial score (nSPS) is 35.4. The molecule has 0 aromatic carbocycles. The first-order chi connectivity index (χ1) is 8.90. The molecule has 98 valence electrons. The van der Waals surface area contributed by atoms with Gasteiger partial charge in [0.05, 0.1) is 6.10 Å². The summed E-state index contributed by atoms with van der Waals surface area (Å²) in [5.74, 6) is 2.06. The third-order valence-electron chi connectivity index (χ3n) is 4.47. The molecule has 2 saturated carbocycles. The minimum absolute atomic E-state index is 0.443. The van der Waals surface area contributed by atoms with E-state index in [9.17, 15) is 0 Å². The second-order valence-corrected chi connectivity index (χ2v) is 5.78. The zero-order valence-corrected chi connectivity index (χ0v) is 10.5. The molecule has 0 amide bonds. The second kappa shape index (κ2) is 4.23. The SMILES string of the molecule is C1C[C@H](Nc2nc(C3CC3)no2)[C@H]2CCO[C@H]2C1. The third-order valence-corrected chi connectivity index (χ3v) is 4.47. The van der Waals surface area contributed by atoms with Gasteiger partial charge in [0.2, 0.25) is 0 Å². The predicted molar refractivity (Wildman–Crippen MR) is 65.4 cm³/mol. The average molecular weight is 249 g/mol. The minimum Gasteiger partial charge on any atom is -0.378 e. The van der Waals surface area contributed by atoms with Crippen LogP contribution < -0.4 is 5.32 Å². The van der Waals surface area contributed by atoms with Crippen LogP contribution in [0.5, 0.6) is 0 Å². The summed E-state index contributed by atoms with van der Waals surface area (Å²) in [7, 11) is 0. The first kappa shape index (κ1) is 10.8. The van der Waals surface area contributed by atoms with Crippen LogP contribution in [0.4, 0.5) is 6.01 Å². The summed E-state index contributed by atoms with van der Waals surface area (Å²) >= 11 is 0. The Kier molecular flexibility index (Phi) is 2.53. The van der Waals surface area contributed by atoms with Gasteiger partial charge in [-0.3, -0.25) is 0 Å². The highest BCUT2D eigenvalue weighted by atomic mass is 16.5. The van der Waals surface area contributed by atoms with Gasteiger partial charge in [0.15, 0.2) is 5.82 Å². The molecule has 3 atom stereocenters. The van der Waals surface area contributed by atoms with Crippen molar-refractivity contribution in [2.45, 2.75) is 56.6 Å². The first-order valence-corrected chi connectivity index (χ1v) is 7.12. The Balaban J connectivity index is 1.45. The lowest BCUT2D eigenvalue weighted by molar-refractivity contribution is 0.0616.